The highest BCUT2D eigenvalue weighted by atomic mass is 13.7. The molecule has 0 nitrogen and oxygen atoms in total. The highest BCUT2D eigenvalue weighted by molar-refractivity contribution is 4.97. The van der Waals surface area contributed by atoms with Gasteiger partial charge < -0.3 is 0 Å². The Morgan fingerprint density at radius 2 is 1.30 bits per heavy atom. The molecule has 0 heterocycles. The normalized spacial score (nSPS) is 8.40. The molecule has 0 N–H and O–H groups in total. The highest BCUT2D eigenvalue weighted by Gasteiger charge is 1.68. The van der Waals surface area contributed by atoms with Crippen LogP contribution in [-0.4, -0.2) is 0 Å². The van der Waals surface area contributed by atoms with Gasteiger partial charge in [0.25, 0.3) is 0 Å². The van der Waals surface area contributed by atoms with Crippen LogP contribution < -0.4 is 0 Å². The van der Waals surface area contributed by atoms with Crippen LogP contribution in [0.15, 0.2) is 30.3 Å². The van der Waals surface area contributed by atoms with E-state index >= 15 is 0 Å². The zero-order valence-electron chi connectivity index (χ0n) is 6.96. The monoisotopic (exact) mass is 135 g/mol. The molecule has 1 radical (unpaired) electrons. The molecule has 55 valence electrons. The molecule has 0 unspecified atom stereocenters. The predicted octanol–water partition coefficient (Wildman–Crippen LogP) is 3.15. The fourth-order valence-electron chi connectivity index (χ4n) is 0.342. The smallest absolute Gasteiger partial charge is 0.0184 e. The molecule has 10 heavy (non-hydrogen) atoms. The van der Waals surface area contributed by atoms with E-state index in [0.717, 1.165) is 5.92 Å². The van der Waals surface area contributed by atoms with Crippen LogP contribution in [-0.2, 0) is 0 Å². The van der Waals surface area contributed by atoms with Crippen molar-refractivity contribution in [1.82, 2.24) is 0 Å². The Kier molecular flexibility index (Phi) is 5.85. The third kappa shape index (κ3) is 10.3. The van der Waals surface area contributed by atoms with Crippen LogP contribution in [0.25, 0.3) is 0 Å². The molecule has 0 saturated carbocycles. The number of hydrogen-bond donors (Lipinski definition) is 0. The van der Waals surface area contributed by atoms with Gasteiger partial charge >= 0.3 is 0 Å². The molecule has 0 bridgehead atoms. The minimum Gasteiger partial charge on any atom is -0.0630 e. The lowest BCUT2D eigenvalue weighted by Crippen LogP contribution is -1.66. The maximum atomic E-state index is 2.89. The van der Waals surface area contributed by atoms with Gasteiger partial charge in [-0.15, -0.1) is 0 Å². The van der Waals surface area contributed by atoms with Gasteiger partial charge in [-0.25, -0.2) is 0 Å². The third-order valence-electron chi connectivity index (χ3n) is 0.607. The minimum absolute atomic E-state index is 0.833. The van der Waals surface area contributed by atoms with E-state index in [0.29, 0.717) is 0 Å². The Balaban J connectivity index is 0.000000180. The molecule has 1 aromatic carbocycles. The Morgan fingerprint density at radius 1 is 0.900 bits per heavy atom. The van der Waals surface area contributed by atoms with Crippen molar-refractivity contribution in [2.24, 2.45) is 5.92 Å². The summed E-state index contributed by atoms with van der Waals surface area (Å²) >= 11 is 0. The Bertz CT molecular complexity index is 101. The summed E-state index contributed by atoms with van der Waals surface area (Å²) < 4.78 is 0. The summed E-state index contributed by atoms with van der Waals surface area (Å²) in [4.78, 5) is 0. The van der Waals surface area contributed by atoms with Gasteiger partial charge in [0.2, 0.25) is 0 Å². The lowest BCUT2D eigenvalue weighted by molar-refractivity contribution is 0.737. The second kappa shape index (κ2) is 6.34. The molecule has 0 atom stereocenters. The standard InChI is InChI=1S/C6H5.C4H10/c1-2-4-6-5-3-1;1-4(2)3/h1-5H;4H,1-3H3. The molecule has 0 aliphatic rings. The van der Waals surface area contributed by atoms with Gasteiger partial charge in [-0.2, -0.15) is 0 Å². The van der Waals surface area contributed by atoms with Crippen molar-refractivity contribution in [3.8, 4) is 0 Å². The first-order chi connectivity index (χ1) is 4.73. The second-order valence-corrected chi connectivity index (χ2v) is 2.81. The molecular weight excluding hydrogens is 120 g/mol. The van der Waals surface area contributed by atoms with Crippen LogP contribution in [0.2, 0.25) is 0 Å². The van der Waals surface area contributed by atoms with Gasteiger partial charge in [0.1, 0.15) is 0 Å². The molecule has 1 rings (SSSR count). The molecule has 0 spiro atoms. The van der Waals surface area contributed by atoms with Crippen molar-refractivity contribution < 1.29 is 0 Å². The molecule has 0 heteroatoms. The van der Waals surface area contributed by atoms with Crippen LogP contribution in [0, 0.1) is 12.0 Å². The van der Waals surface area contributed by atoms with E-state index < -0.39 is 0 Å². The molecule has 0 aliphatic carbocycles. The van der Waals surface area contributed by atoms with Gasteiger partial charge in [-0.3, -0.25) is 0 Å². The van der Waals surface area contributed by atoms with Gasteiger partial charge in [-0.05, 0) is 12.0 Å². The Hall–Kier alpha value is -0.780. The van der Waals surface area contributed by atoms with Crippen LogP contribution >= 0.6 is 0 Å². The third-order valence-corrected chi connectivity index (χ3v) is 0.607. The average Bonchev–Trinajstić information content (AvgIpc) is 1.90. The summed E-state index contributed by atoms with van der Waals surface area (Å²) in [6.07, 6.45) is 0. The van der Waals surface area contributed by atoms with Crippen molar-refractivity contribution in [2.75, 3.05) is 0 Å². The van der Waals surface area contributed by atoms with Crippen molar-refractivity contribution in [3.63, 3.8) is 0 Å². The largest absolute Gasteiger partial charge is 0.0630 e. The quantitative estimate of drug-likeness (QED) is 0.512. The predicted molar refractivity (Wildman–Crippen MR) is 45.8 cm³/mol. The zero-order chi connectivity index (χ0) is 7.82. The first-order valence-electron chi connectivity index (χ1n) is 3.64. The summed E-state index contributed by atoms with van der Waals surface area (Å²) in [5.74, 6) is 0.833. The van der Waals surface area contributed by atoms with Gasteiger partial charge in [0.05, 0.1) is 0 Å². The van der Waals surface area contributed by atoms with E-state index in [1.54, 1.807) is 0 Å². The van der Waals surface area contributed by atoms with Crippen LogP contribution in [0.5, 0.6) is 0 Å². The minimum atomic E-state index is 0.833. The summed E-state index contributed by atoms with van der Waals surface area (Å²) in [6.45, 7) is 6.50. The molecule has 1 aromatic rings. The van der Waals surface area contributed by atoms with Crippen molar-refractivity contribution in [1.29, 1.82) is 0 Å². The molecule has 0 aromatic heterocycles. The second-order valence-electron chi connectivity index (χ2n) is 2.81. The van der Waals surface area contributed by atoms with Crippen molar-refractivity contribution in [2.45, 2.75) is 20.8 Å². The lowest BCUT2D eigenvalue weighted by Gasteiger charge is -1.79. The maximum absolute atomic E-state index is 2.89. The molecule has 0 saturated heterocycles. The highest BCUT2D eigenvalue weighted by Crippen LogP contribution is 1.81. The van der Waals surface area contributed by atoms with E-state index in [2.05, 4.69) is 26.8 Å². The molecule has 0 fully saturated rings. The number of hydrogen-bond acceptors (Lipinski definition) is 0. The maximum Gasteiger partial charge on any atom is -0.0184 e. The van der Waals surface area contributed by atoms with E-state index in [-0.39, 0.29) is 0 Å². The van der Waals surface area contributed by atoms with E-state index in [1.165, 1.54) is 0 Å². The average molecular weight is 135 g/mol. The van der Waals surface area contributed by atoms with Gasteiger partial charge in [0, 0.05) is 0 Å². The summed E-state index contributed by atoms with van der Waals surface area (Å²) in [7, 11) is 0. The van der Waals surface area contributed by atoms with Gasteiger partial charge in [0.15, 0.2) is 0 Å². The number of rotatable bonds is 0. The summed E-state index contributed by atoms with van der Waals surface area (Å²) in [5.41, 5.74) is 0. The summed E-state index contributed by atoms with van der Waals surface area (Å²) in [6, 6.07) is 12.5. The first kappa shape index (κ1) is 9.22. The van der Waals surface area contributed by atoms with E-state index in [4.69, 9.17) is 0 Å². The summed E-state index contributed by atoms with van der Waals surface area (Å²) in [5, 5.41) is 0. The Labute approximate surface area is 63.9 Å². The molecule has 0 aliphatic heterocycles. The molecular formula is C10H15. The van der Waals surface area contributed by atoms with Gasteiger partial charge in [-0.1, -0.05) is 51.1 Å². The fourth-order valence-corrected chi connectivity index (χ4v) is 0.342. The van der Waals surface area contributed by atoms with Crippen LogP contribution in [0.4, 0.5) is 0 Å². The van der Waals surface area contributed by atoms with E-state index in [1.807, 2.05) is 30.3 Å². The topological polar surface area (TPSA) is 0 Å². The van der Waals surface area contributed by atoms with Crippen LogP contribution in [0.1, 0.15) is 20.8 Å². The zero-order valence-corrected chi connectivity index (χ0v) is 6.96. The number of benzene rings is 1. The SMILES string of the molecule is CC(C)C.[c]1ccccc1. The Morgan fingerprint density at radius 3 is 1.40 bits per heavy atom. The first-order valence-corrected chi connectivity index (χ1v) is 3.64. The van der Waals surface area contributed by atoms with Crippen LogP contribution in [0.3, 0.4) is 0 Å². The van der Waals surface area contributed by atoms with Crippen molar-refractivity contribution >= 4 is 0 Å². The van der Waals surface area contributed by atoms with Crippen molar-refractivity contribution in [3.05, 3.63) is 36.4 Å². The molecule has 0 amide bonds. The van der Waals surface area contributed by atoms with E-state index in [9.17, 15) is 0 Å². The lowest BCUT2D eigenvalue weighted by atomic mass is 10.3. The fraction of sp³-hybridized carbons (Fsp3) is 0.400.